The van der Waals surface area contributed by atoms with E-state index in [9.17, 15) is 71.8 Å². The first-order valence-electron chi connectivity index (χ1n) is 34.5. The molecule has 2 saturated carbocycles. The fraction of sp³-hybridized carbons (Fsp3) is 0.377. The summed E-state index contributed by atoms with van der Waals surface area (Å²) in [6, 6.07) is 24.9. The van der Waals surface area contributed by atoms with Crippen molar-refractivity contribution in [3.63, 3.8) is 0 Å². The normalized spacial score (nSPS) is 17.7. The van der Waals surface area contributed by atoms with E-state index in [4.69, 9.17) is 44.0 Å². The van der Waals surface area contributed by atoms with Gasteiger partial charge in [0.15, 0.2) is 25.5 Å². The Labute approximate surface area is 639 Å². The molecule has 34 heteroatoms. The maximum Gasteiger partial charge on any atom is 0.325 e. The van der Waals surface area contributed by atoms with E-state index in [1.165, 1.54) is 48.9 Å². The van der Waals surface area contributed by atoms with Crippen LogP contribution in [0.1, 0.15) is 163 Å². The molecule has 0 amide bonds. The first-order chi connectivity index (χ1) is 51.8. The van der Waals surface area contributed by atoms with E-state index in [1.807, 2.05) is 12.1 Å². The Balaban J connectivity index is 0.000000175. The number of sulfone groups is 2. The van der Waals surface area contributed by atoms with Crippen LogP contribution in [0.15, 0.2) is 97.1 Å². The average molecular weight is 1620 g/mol. The third kappa shape index (κ3) is 17.4. The number of carboxylic acid groups (broad SMARTS) is 1. The molecular weight excluding hydrogens is 1550 g/mol. The highest BCUT2D eigenvalue weighted by Crippen LogP contribution is 2.69. The molecule has 6 heterocycles. The van der Waals surface area contributed by atoms with Gasteiger partial charge in [-0.3, -0.25) is 28.3 Å². The number of benzene rings is 4. The number of aliphatic carboxylic acids is 1. The molecule has 2 fully saturated rings. The summed E-state index contributed by atoms with van der Waals surface area (Å²) in [4.78, 5) is 34.2. The first-order valence-corrected chi connectivity index (χ1v) is 39.3. The second kappa shape index (κ2) is 30.2. The number of hydrogen-bond donors (Lipinski definition) is 4. The van der Waals surface area contributed by atoms with Gasteiger partial charge in [0, 0.05) is 94.9 Å². The fourth-order valence-electron chi connectivity index (χ4n) is 14.6. The van der Waals surface area contributed by atoms with Crippen LogP contribution in [-0.4, -0.2) is 117 Å². The molecule has 4 aromatic carbocycles. The van der Waals surface area contributed by atoms with Crippen molar-refractivity contribution in [1.29, 1.82) is 0 Å². The van der Waals surface area contributed by atoms with Gasteiger partial charge in [0.25, 0.3) is 24.7 Å². The molecule has 4 aliphatic carbocycles. The van der Waals surface area contributed by atoms with Gasteiger partial charge < -0.3 is 21.1 Å². The lowest BCUT2D eigenvalue weighted by Gasteiger charge is -2.21. The number of carbonyl (C=O) groups is 2. The van der Waals surface area contributed by atoms with Crippen LogP contribution in [0.25, 0.3) is 44.1 Å². The van der Waals surface area contributed by atoms with Crippen molar-refractivity contribution in [3.8, 4) is 45.9 Å². The van der Waals surface area contributed by atoms with Crippen molar-refractivity contribution >= 4 is 76.4 Å². The molecule has 14 rings (SSSR count). The number of aryl methyl sites for hydroxylation is 2. The van der Waals surface area contributed by atoms with Crippen LogP contribution in [-0.2, 0) is 92.6 Å². The van der Waals surface area contributed by atoms with Gasteiger partial charge in [-0.1, -0.05) is 71.4 Å². The van der Waals surface area contributed by atoms with E-state index in [0.717, 1.165) is 12.5 Å². The van der Waals surface area contributed by atoms with Gasteiger partial charge in [0.2, 0.25) is 0 Å². The number of rotatable bonds is 20. The smallest absolute Gasteiger partial charge is 0.325 e. The van der Waals surface area contributed by atoms with Gasteiger partial charge in [-0.25, -0.2) is 53.1 Å². The number of ketones is 1. The summed E-state index contributed by atoms with van der Waals surface area (Å²) in [6.45, 7) is 4.57. The second-order valence-corrected chi connectivity index (χ2v) is 34.4. The van der Waals surface area contributed by atoms with Gasteiger partial charge in [-0.05, 0) is 149 Å². The molecule has 0 aliphatic heterocycles. The van der Waals surface area contributed by atoms with Gasteiger partial charge in [0.1, 0.15) is 70.1 Å². The Morgan fingerprint density at radius 1 is 0.595 bits per heavy atom. The van der Waals surface area contributed by atoms with Crippen LogP contribution in [0.4, 0.5) is 43.9 Å². The zero-order chi connectivity index (χ0) is 80.8. The lowest BCUT2D eigenvalue weighted by atomic mass is 9.86. The molecule has 111 heavy (non-hydrogen) atoms. The number of fused-ring (bicyclic) bond motifs is 8. The monoisotopic (exact) mass is 1620 g/mol. The number of aromatic nitrogens is 10. The summed E-state index contributed by atoms with van der Waals surface area (Å²) in [6.07, 6.45) is -3.66. The molecule has 0 unspecified atom stereocenters. The van der Waals surface area contributed by atoms with E-state index in [0.29, 0.717) is 93.1 Å². The van der Waals surface area contributed by atoms with Crippen LogP contribution < -0.4 is 5.73 Å². The molecule has 10 aromatic rings. The molecular formula is C77H71Cl2F10N11O9S2. The number of carboxylic acids is 1. The highest BCUT2D eigenvalue weighted by molar-refractivity contribution is 7.90. The Bertz CT molecular complexity index is 5790. The van der Waals surface area contributed by atoms with Crippen LogP contribution in [0.2, 0.25) is 10.0 Å². The summed E-state index contributed by atoms with van der Waals surface area (Å²) in [5.74, 6) is -3.35. The number of nitrogens with two attached hydrogens (primary N) is 1. The molecule has 584 valence electrons. The number of pyridine rings is 2. The number of Topliss-reactive ketones (excluding diaryl/α,β-unsaturated/α-hetero) is 1. The van der Waals surface area contributed by atoms with Gasteiger partial charge >= 0.3 is 5.97 Å². The molecule has 6 aromatic heterocycles. The average Bonchev–Trinajstić information content (AvgIpc) is 1.52. The Kier molecular flexibility index (Phi) is 22.0. The highest BCUT2D eigenvalue weighted by Gasteiger charge is 2.68. The number of nitrogens with zero attached hydrogens (tertiary/aromatic N) is 10. The number of aliphatic hydroxyl groups is 2. The summed E-state index contributed by atoms with van der Waals surface area (Å²) in [7, 11) is -3.56. The van der Waals surface area contributed by atoms with E-state index in [-0.39, 0.29) is 70.5 Å². The van der Waals surface area contributed by atoms with Gasteiger partial charge in [-0.2, -0.15) is 38.0 Å². The van der Waals surface area contributed by atoms with Crippen LogP contribution in [0.3, 0.4) is 0 Å². The molecule has 0 radical (unpaired) electrons. The van der Waals surface area contributed by atoms with Crippen molar-refractivity contribution in [1.82, 2.24) is 49.1 Å². The molecule has 0 spiro atoms. The van der Waals surface area contributed by atoms with E-state index < -0.39 is 150 Å². The second-order valence-electron chi connectivity index (χ2n) is 29.3. The zero-order valence-corrected chi connectivity index (χ0v) is 63.6. The number of halogens is 12. The predicted octanol–water partition coefficient (Wildman–Crippen LogP) is 13.9. The summed E-state index contributed by atoms with van der Waals surface area (Å²) in [5, 5.41) is 46.6. The molecule has 5 N–H and O–H groups in total. The quantitative estimate of drug-likeness (QED) is 0.0407. The lowest BCUT2D eigenvalue weighted by Crippen LogP contribution is -2.24. The largest absolute Gasteiger partial charge is 0.480 e. The van der Waals surface area contributed by atoms with Crippen molar-refractivity contribution in [2.45, 2.75) is 144 Å². The minimum absolute atomic E-state index is 0.0210. The van der Waals surface area contributed by atoms with E-state index in [1.54, 1.807) is 87.2 Å². The zero-order valence-electron chi connectivity index (χ0n) is 60.4. The number of hydrogen-bond acceptors (Lipinski definition) is 15. The number of alkyl halides is 8. The fourth-order valence-corrected chi connectivity index (χ4v) is 16.6. The highest BCUT2D eigenvalue weighted by atomic mass is 35.5. The lowest BCUT2D eigenvalue weighted by molar-refractivity contribution is -0.138. The molecule has 0 saturated heterocycles. The van der Waals surface area contributed by atoms with Gasteiger partial charge in [0.05, 0.1) is 61.4 Å². The first kappa shape index (κ1) is 81.0. The molecule has 0 bridgehead atoms. The van der Waals surface area contributed by atoms with Crippen molar-refractivity contribution in [2.24, 2.45) is 31.7 Å². The standard InChI is InChI=1S/C39H35ClF5N5O4S.C28H28ClFN4O3S.C10H8F4N2O2/c1-38(2,52)13-12-23-8-9-25(26-10-11-29(40)32-30(19-55(4,53)54)47-49(3)35(26)32)33(46-23)21(14-20-6-5-7-22(41)15-20)16-24(51)18-50-36-31(34(48-50)37(42)43)27-17-28(27)39(36,44)45;1-28(2,35)13-12-19-8-9-20(26(32-19)23(31)15-17-6-5-7-18(30)14-17)21-10-11-22(29)25-24(16-38(4,36)37)33-34(3)27(21)25;11-9(12)7-6-3-1-4(3)10(13,14)8(6)16(15-7)2-5(17)18/h5-11,15,21,27-28,37,52H,14,16-19H2,1-4H3;5-11,14,23,35H,15-16,31H2,1-4H3;3-4,9H,1-2H2,(H,17,18)/t21-,27+,28-;23-;3-,4+/m100/s1. The van der Waals surface area contributed by atoms with Crippen LogP contribution >= 0.6 is 23.2 Å². The number of carbonyl (C=O) groups excluding carboxylic acids is 1. The SMILES string of the molecule is Cn1nc(CS(C)(=O)=O)c2c(Cl)ccc(-c3ccc(C#CC(C)(C)O)nc3[C@@H](CC(=O)Cn3nc(C(F)F)c4c3C(F)(F)[C@@H]3C[C@H]43)Cc3cccc(F)c3)c21.Cn1nc(CS(C)(=O)=O)c2c(Cl)ccc(-c3ccc(C#CC(C)(C)O)nc3[C@@H](N)Cc3cccc(F)c3)c21.O=C(O)Cn1nc(C(F)F)c2c1C(F)(F)[C@@H]1C[C@H]21. The maximum atomic E-state index is 15.4. The maximum absolute atomic E-state index is 15.4. The molecule has 6 atom stereocenters. The van der Waals surface area contributed by atoms with Crippen LogP contribution in [0.5, 0.6) is 0 Å². The summed E-state index contributed by atoms with van der Waals surface area (Å²) in [5.41, 5.74) is 7.54. The summed E-state index contributed by atoms with van der Waals surface area (Å²) >= 11 is 13.2. The molecule has 4 aliphatic rings. The molecule has 20 nitrogen and oxygen atoms in total. The van der Waals surface area contributed by atoms with Crippen molar-refractivity contribution in [2.75, 3.05) is 12.5 Å². The third-order valence-corrected chi connectivity index (χ3v) is 21.3. The third-order valence-electron chi connectivity index (χ3n) is 19.1. The van der Waals surface area contributed by atoms with Crippen molar-refractivity contribution < 1.29 is 85.6 Å². The Morgan fingerprint density at radius 2 is 1.00 bits per heavy atom. The van der Waals surface area contributed by atoms with E-state index in [2.05, 4.69) is 44.1 Å². The van der Waals surface area contributed by atoms with E-state index >= 15 is 8.78 Å². The van der Waals surface area contributed by atoms with Crippen LogP contribution in [0, 0.1) is 47.2 Å². The predicted molar refractivity (Wildman–Crippen MR) is 392 cm³/mol. The van der Waals surface area contributed by atoms with Crippen molar-refractivity contribution in [3.05, 3.63) is 198 Å². The Morgan fingerprint density at radius 3 is 1.41 bits per heavy atom. The topological polar surface area (TPSA) is 286 Å². The minimum atomic E-state index is -3.53. The minimum Gasteiger partial charge on any atom is -0.480 e. The van der Waals surface area contributed by atoms with Gasteiger partial charge in [-0.15, -0.1) is 0 Å². The summed E-state index contributed by atoms with van der Waals surface area (Å²) < 4.78 is 194. The Hall–Kier alpha value is -9.54.